The SMILES string of the molecule is CCOc1ccc(-n2c(SCC(=O)NC3CC3)nnc2-c2ccncc2)cc1. The molecule has 4 rings (SSSR count). The number of thioether (sulfide) groups is 1. The largest absolute Gasteiger partial charge is 0.494 e. The smallest absolute Gasteiger partial charge is 0.230 e. The molecule has 1 saturated carbocycles. The summed E-state index contributed by atoms with van der Waals surface area (Å²) in [5.74, 6) is 1.85. The van der Waals surface area contributed by atoms with Gasteiger partial charge in [0.1, 0.15) is 5.75 Å². The molecule has 7 nitrogen and oxygen atoms in total. The van der Waals surface area contributed by atoms with Crippen LogP contribution in [0.2, 0.25) is 0 Å². The maximum atomic E-state index is 12.1. The summed E-state index contributed by atoms with van der Waals surface area (Å²) in [4.78, 5) is 16.2. The summed E-state index contributed by atoms with van der Waals surface area (Å²) in [7, 11) is 0. The monoisotopic (exact) mass is 395 g/mol. The minimum Gasteiger partial charge on any atom is -0.494 e. The number of hydrogen-bond donors (Lipinski definition) is 1. The first-order valence-electron chi connectivity index (χ1n) is 9.26. The Morgan fingerprint density at radius 3 is 2.61 bits per heavy atom. The van der Waals surface area contributed by atoms with Crippen molar-refractivity contribution in [3.05, 3.63) is 48.8 Å². The highest BCUT2D eigenvalue weighted by atomic mass is 32.2. The summed E-state index contributed by atoms with van der Waals surface area (Å²) < 4.78 is 7.50. The highest BCUT2D eigenvalue weighted by molar-refractivity contribution is 7.99. The van der Waals surface area contributed by atoms with Gasteiger partial charge in [-0.15, -0.1) is 10.2 Å². The van der Waals surface area contributed by atoms with Crippen molar-refractivity contribution in [2.24, 2.45) is 0 Å². The number of nitrogens with one attached hydrogen (secondary N) is 1. The summed E-state index contributed by atoms with van der Waals surface area (Å²) >= 11 is 1.38. The van der Waals surface area contributed by atoms with E-state index in [1.807, 2.05) is 47.9 Å². The third-order valence-corrected chi connectivity index (χ3v) is 5.18. The van der Waals surface area contributed by atoms with Crippen molar-refractivity contribution < 1.29 is 9.53 Å². The molecule has 28 heavy (non-hydrogen) atoms. The lowest BCUT2D eigenvalue weighted by Crippen LogP contribution is -2.27. The number of hydrogen-bond acceptors (Lipinski definition) is 6. The van der Waals surface area contributed by atoms with Gasteiger partial charge in [0, 0.05) is 29.7 Å². The zero-order chi connectivity index (χ0) is 19.3. The van der Waals surface area contributed by atoms with Gasteiger partial charge >= 0.3 is 0 Å². The van der Waals surface area contributed by atoms with Crippen LogP contribution in [0.1, 0.15) is 19.8 Å². The summed E-state index contributed by atoms with van der Waals surface area (Å²) in [6, 6.07) is 11.9. The van der Waals surface area contributed by atoms with Gasteiger partial charge < -0.3 is 10.1 Å². The molecular formula is C20H21N5O2S. The zero-order valence-electron chi connectivity index (χ0n) is 15.5. The summed E-state index contributed by atoms with van der Waals surface area (Å²) in [6.07, 6.45) is 5.60. The number of rotatable bonds is 8. The van der Waals surface area contributed by atoms with Gasteiger partial charge in [-0.05, 0) is 56.2 Å². The van der Waals surface area contributed by atoms with E-state index in [1.165, 1.54) is 11.8 Å². The Morgan fingerprint density at radius 2 is 1.93 bits per heavy atom. The average Bonchev–Trinajstić information content (AvgIpc) is 3.43. The standard InChI is InChI=1S/C20H21N5O2S/c1-2-27-17-7-5-16(6-8-17)25-19(14-9-11-21-12-10-14)23-24-20(25)28-13-18(26)22-15-3-4-15/h5-12,15H,2-4,13H2,1H3,(H,22,26). The van der Waals surface area contributed by atoms with Gasteiger partial charge in [0.2, 0.25) is 5.91 Å². The Hall–Kier alpha value is -2.87. The summed E-state index contributed by atoms with van der Waals surface area (Å²) in [6.45, 7) is 2.57. The molecule has 2 heterocycles. The fourth-order valence-corrected chi connectivity index (χ4v) is 3.53. The van der Waals surface area contributed by atoms with Crippen molar-refractivity contribution in [1.29, 1.82) is 0 Å². The molecule has 0 bridgehead atoms. The van der Waals surface area contributed by atoms with E-state index < -0.39 is 0 Å². The van der Waals surface area contributed by atoms with Crippen LogP contribution >= 0.6 is 11.8 Å². The number of nitrogens with zero attached hydrogens (tertiary/aromatic N) is 4. The number of pyridine rings is 1. The van der Waals surface area contributed by atoms with E-state index in [1.54, 1.807) is 12.4 Å². The first-order chi connectivity index (χ1) is 13.7. The predicted molar refractivity (Wildman–Crippen MR) is 108 cm³/mol. The summed E-state index contributed by atoms with van der Waals surface area (Å²) in [5.41, 5.74) is 1.82. The van der Waals surface area contributed by atoms with Crippen LogP contribution in [0.15, 0.2) is 53.9 Å². The molecule has 0 unspecified atom stereocenters. The third-order valence-electron chi connectivity index (χ3n) is 4.25. The molecule has 1 aliphatic rings. The maximum Gasteiger partial charge on any atom is 0.230 e. The second-order valence-electron chi connectivity index (χ2n) is 6.43. The Morgan fingerprint density at radius 1 is 1.18 bits per heavy atom. The number of amides is 1. The maximum absolute atomic E-state index is 12.1. The number of aromatic nitrogens is 4. The molecule has 1 aliphatic carbocycles. The number of ether oxygens (including phenoxy) is 1. The molecule has 3 aromatic rings. The minimum atomic E-state index is 0.0270. The molecule has 0 spiro atoms. The lowest BCUT2D eigenvalue weighted by molar-refractivity contribution is -0.118. The first kappa shape index (κ1) is 18.5. The van der Waals surface area contributed by atoms with E-state index in [9.17, 15) is 4.79 Å². The fourth-order valence-electron chi connectivity index (χ4n) is 2.77. The van der Waals surface area contributed by atoms with Crippen LogP contribution in [0.4, 0.5) is 0 Å². The minimum absolute atomic E-state index is 0.0270. The van der Waals surface area contributed by atoms with E-state index in [-0.39, 0.29) is 5.91 Å². The Balaban J connectivity index is 1.63. The van der Waals surface area contributed by atoms with Crippen molar-refractivity contribution in [1.82, 2.24) is 25.1 Å². The topological polar surface area (TPSA) is 81.9 Å². The van der Waals surface area contributed by atoms with E-state index in [2.05, 4.69) is 20.5 Å². The zero-order valence-corrected chi connectivity index (χ0v) is 16.4. The van der Waals surface area contributed by atoms with Crippen LogP contribution in [-0.4, -0.2) is 44.1 Å². The Bertz CT molecular complexity index is 939. The molecule has 1 amide bonds. The second-order valence-corrected chi connectivity index (χ2v) is 7.38. The highest BCUT2D eigenvalue weighted by Crippen LogP contribution is 2.29. The third kappa shape index (κ3) is 4.33. The lowest BCUT2D eigenvalue weighted by atomic mass is 10.2. The van der Waals surface area contributed by atoms with Crippen LogP contribution in [0, 0.1) is 0 Å². The van der Waals surface area contributed by atoms with Gasteiger partial charge in [-0.3, -0.25) is 14.3 Å². The van der Waals surface area contributed by atoms with Crippen LogP contribution in [0.5, 0.6) is 5.75 Å². The van der Waals surface area contributed by atoms with Gasteiger partial charge in [0.15, 0.2) is 11.0 Å². The molecule has 0 aliphatic heterocycles. The summed E-state index contributed by atoms with van der Waals surface area (Å²) in [5, 5.41) is 12.4. The molecule has 0 atom stereocenters. The van der Waals surface area contributed by atoms with Crippen molar-refractivity contribution in [3.8, 4) is 22.8 Å². The lowest BCUT2D eigenvalue weighted by Gasteiger charge is -2.11. The number of carbonyl (C=O) groups is 1. The van der Waals surface area contributed by atoms with Crippen LogP contribution in [0.3, 0.4) is 0 Å². The van der Waals surface area contributed by atoms with Crippen molar-refractivity contribution in [2.75, 3.05) is 12.4 Å². The van der Waals surface area contributed by atoms with Gasteiger partial charge in [-0.1, -0.05) is 11.8 Å². The molecule has 0 radical (unpaired) electrons. The predicted octanol–water partition coefficient (Wildman–Crippen LogP) is 3.10. The second kappa shape index (κ2) is 8.43. The number of benzene rings is 1. The van der Waals surface area contributed by atoms with E-state index in [4.69, 9.17) is 4.74 Å². The van der Waals surface area contributed by atoms with E-state index in [0.717, 1.165) is 29.8 Å². The molecule has 0 saturated heterocycles. The van der Waals surface area contributed by atoms with Crippen LogP contribution in [-0.2, 0) is 4.79 Å². The Kier molecular flexibility index (Phi) is 5.57. The van der Waals surface area contributed by atoms with Crippen molar-refractivity contribution in [3.63, 3.8) is 0 Å². The van der Waals surface area contributed by atoms with Crippen molar-refractivity contribution in [2.45, 2.75) is 31.0 Å². The van der Waals surface area contributed by atoms with Gasteiger partial charge in [-0.2, -0.15) is 0 Å². The van der Waals surface area contributed by atoms with Gasteiger partial charge in [0.05, 0.1) is 12.4 Å². The quantitative estimate of drug-likeness (QED) is 0.590. The number of carbonyl (C=O) groups excluding carboxylic acids is 1. The molecule has 1 aromatic carbocycles. The average molecular weight is 395 g/mol. The molecule has 144 valence electrons. The highest BCUT2D eigenvalue weighted by Gasteiger charge is 2.24. The molecular weight excluding hydrogens is 374 g/mol. The Labute approximate surface area is 167 Å². The van der Waals surface area contributed by atoms with Crippen LogP contribution in [0.25, 0.3) is 17.1 Å². The molecule has 1 N–H and O–H groups in total. The fraction of sp³-hybridized carbons (Fsp3) is 0.300. The van der Waals surface area contributed by atoms with Crippen LogP contribution < -0.4 is 10.1 Å². The normalized spacial score (nSPS) is 13.3. The first-order valence-corrected chi connectivity index (χ1v) is 10.2. The van der Waals surface area contributed by atoms with Gasteiger partial charge in [0.25, 0.3) is 0 Å². The van der Waals surface area contributed by atoms with Crippen molar-refractivity contribution >= 4 is 17.7 Å². The molecule has 1 fully saturated rings. The molecule has 2 aromatic heterocycles. The van der Waals surface area contributed by atoms with E-state index in [0.29, 0.717) is 29.4 Å². The van der Waals surface area contributed by atoms with E-state index >= 15 is 0 Å². The molecule has 8 heteroatoms. The van der Waals surface area contributed by atoms with Gasteiger partial charge in [-0.25, -0.2) is 0 Å².